The predicted octanol–water partition coefficient (Wildman–Crippen LogP) is 3.24. The molecule has 0 atom stereocenters. The second-order valence-electron chi connectivity index (χ2n) is 5.05. The van der Waals surface area contributed by atoms with Gasteiger partial charge >= 0.3 is 0 Å². The summed E-state index contributed by atoms with van der Waals surface area (Å²) in [4.78, 5) is 10.8. The highest BCUT2D eigenvalue weighted by atomic mass is 79.9. The molecular formula is C17H19BrN2O3. The van der Waals surface area contributed by atoms with Crippen LogP contribution in [0.25, 0.3) is 0 Å². The van der Waals surface area contributed by atoms with Crippen LogP contribution in [-0.2, 0) is 11.3 Å². The van der Waals surface area contributed by atoms with Gasteiger partial charge in [0.25, 0.3) is 5.91 Å². The minimum atomic E-state index is -0.525. The van der Waals surface area contributed by atoms with E-state index < -0.39 is 5.91 Å². The number of hydrogen-bond donors (Lipinski definition) is 2. The lowest BCUT2D eigenvalue weighted by Crippen LogP contribution is -2.20. The van der Waals surface area contributed by atoms with Gasteiger partial charge in [0.1, 0.15) is 0 Å². The molecule has 23 heavy (non-hydrogen) atoms. The molecule has 3 N–H and O–H groups in total. The molecule has 6 heteroatoms. The first-order valence-electron chi connectivity index (χ1n) is 7.07. The summed E-state index contributed by atoms with van der Waals surface area (Å²) in [5, 5.41) is 3.39. The minimum Gasteiger partial charge on any atom is -0.493 e. The maximum absolute atomic E-state index is 10.8. The van der Waals surface area contributed by atoms with Crippen molar-refractivity contribution in [1.29, 1.82) is 0 Å². The molecule has 2 rings (SSSR count). The van der Waals surface area contributed by atoms with Crippen LogP contribution < -0.4 is 20.5 Å². The third-order valence-electron chi connectivity index (χ3n) is 3.27. The third kappa shape index (κ3) is 4.89. The average Bonchev–Trinajstić information content (AvgIpc) is 2.52. The van der Waals surface area contributed by atoms with Crippen molar-refractivity contribution in [2.45, 2.75) is 13.5 Å². The topological polar surface area (TPSA) is 73.6 Å². The second kappa shape index (κ2) is 7.87. The molecule has 0 heterocycles. The van der Waals surface area contributed by atoms with Crippen molar-refractivity contribution in [1.82, 2.24) is 0 Å². The highest BCUT2D eigenvalue weighted by molar-refractivity contribution is 9.10. The fourth-order valence-corrected chi connectivity index (χ4v) is 2.59. The van der Waals surface area contributed by atoms with Gasteiger partial charge in [0.15, 0.2) is 18.1 Å². The fourth-order valence-electron chi connectivity index (χ4n) is 2.11. The molecule has 0 fully saturated rings. The zero-order chi connectivity index (χ0) is 16.8. The number of carbonyl (C=O) groups excluding carboxylic acids is 1. The van der Waals surface area contributed by atoms with E-state index in [4.69, 9.17) is 15.2 Å². The van der Waals surface area contributed by atoms with E-state index in [1.54, 1.807) is 13.2 Å². The number of hydrogen-bond acceptors (Lipinski definition) is 4. The standard InChI is InChI=1S/C17H19BrN2O3/c1-11-7-13(18)4-5-14(11)20-9-12-3-6-15(16(8-12)22-2)23-10-17(19)21/h3-8,20H,9-10H2,1-2H3,(H2,19,21). The van der Waals surface area contributed by atoms with Gasteiger partial charge in [0.2, 0.25) is 0 Å². The Labute approximate surface area is 143 Å². The van der Waals surface area contributed by atoms with Crippen LogP contribution in [0.15, 0.2) is 40.9 Å². The number of halogens is 1. The quantitative estimate of drug-likeness (QED) is 0.775. The van der Waals surface area contributed by atoms with E-state index in [-0.39, 0.29) is 6.61 Å². The molecule has 5 nitrogen and oxygen atoms in total. The smallest absolute Gasteiger partial charge is 0.255 e. The summed E-state index contributed by atoms with van der Waals surface area (Å²) in [5.74, 6) is 0.538. The number of anilines is 1. The van der Waals surface area contributed by atoms with Gasteiger partial charge in [-0.05, 0) is 48.4 Å². The van der Waals surface area contributed by atoms with E-state index >= 15 is 0 Å². The summed E-state index contributed by atoms with van der Waals surface area (Å²) in [6.45, 7) is 2.52. The Kier molecular flexibility index (Phi) is 5.87. The monoisotopic (exact) mass is 378 g/mol. The zero-order valence-corrected chi connectivity index (χ0v) is 14.6. The van der Waals surface area contributed by atoms with Gasteiger partial charge in [-0.3, -0.25) is 4.79 Å². The maximum Gasteiger partial charge on any atom is 0.255 e. The van der Waals surface area contributed by atoms with Gasteiger partial charge in [0.05, 0.1) is 7.11 Å². The predicted molar refractivity (Wildman–Crippen MR) is 93.9 cm³/mol. The highest BCUT2D eigenvalue weighted by Crippen LogP contribution is 2.28. The number of aryl methyl sites for hydroxylation is 1. The van der Waals surface area contributed by atoms with Crippen molar-refractivity contribution in [3.05, 3.63) is 52.0 Å². The Hall–Kier alpha value is -2.21. The summed E-state index contributed by atoms with van der Waals surface area (Å²) in [6, 6.07) is 11.6. The van der Waals surface area contributed by atoms with Crippen LogP contribution in [0.5, 0.6) is 11.5 Å². The van der Waals surface area contributed by atoms with E-state index in [0.29, 0.717) is 18.0 Å². The maximum atomic E-state index is 10.8. The Bertz CT molecular complexity index is 704. The lowest BCUT2D eigenvalue weighted by atomic mass is 10.1. The number of amides is 1. The molecule has 0 aromatic heterocycles. The van der Waals surface area contributed by atoms with Crippen molar-refractivity contribution >= 4 is 27.5 Å². The van der Waals surface area contributed by atoms with Crippen molar-refractivity contribution in [2.75, 3.05) is 19.0 Å². The number of methoxy groups -OCH3 is 1. The molecule has 0 unspecified atom stereocenters. The minimum absolute atomic E-state index is 0.175. The van der Waals surface area contributed by atoms with Crippen molar-refractivity contribution in [2.24, 2.45) is 5.73 Å². The summed E-state index contributed by atoms with van der Waals surface area (Å²) in [6.07, 6.45) is 0. The number of ether oxygens (including phenoxy) is 2. The Morgan fingerprint density at radius 3 is 2.65 bits per heavy atom. The van der Waals surface area contributed by atoms with Gasteiger partial charge in [-0.1, -0.05) is 22.0 Å². The first-order chi connectivity index (χ1) is 11.0. The summed E-state index contributed by atoms with van der Waals surface area (Å²) < 4.78 is 11.7. The first-order valence-corrected chi connectivity index (χ1v) is 7.87. The largest absolute Gasteiger partial charge is 0.493 e. The molecule has 122 valence electrons. The molecule has 0 aliphatic heterocycles. The zero-order valence-electron chi connectivity index (χ0n) is 13.1. The fraction of sp³-hybridized carbons (Fsp3) is 0.235. The molecule has 0 aliphatic rings. The number of rotatable bonds is 7. The molecule has 0 bridgehead atoms. The molecule has 0 spiro atoms. The van der Waals surface area contributed by atoms with Gasteiger partial charge in [-0.25, -0.2) is 0 Å². The van der Waals surface area contributed by atoms with E-state index in [1.165, 1.54) is 0 Å². The van der Waals surface area contributed by atoms with Gasteiger partial charge in [0, 0.05) is 16.7 Å². The van der Waals surface area contributed by atoms with Gasteiger partial charge in [-0.2, -0.15) is 0 Å². The first kappa shape index (κ1) is 17.1. The number of primary amides is 1. The van der Waals surface area contributed by atoms with Crippen LogP contribution >= 0.6 is 15.9 Å². The number of nitrogens with two attached hydrogens (primary N) is 1. The van der Waals surface area contributed by atoms with Crippen molar-refractivity contribution in [3.8, 4) is 11.5 Å². The average molecular weight is 379 g/mol. The molecule has 0 saturated carbocycles. The molecule has 2 aromatic rings. The Morgan fingerprint density at radius 1 is 1.22 bits per heavy atom. The van der Waals surface area contributed by atoms with Crippen LogP contribution in [-0.4, -0.2) is 19.6 Å². The van der Waals surface area contributed by atoms with E-state index in [2.05, 4.69) is 34.2 Å². The lowest BCUT2D eigenvalue weighted by molar-refractivity contribution is -0.119. The van der Waals surface area contributed by atoms with Crippen LogP contribution in [0.2, 0.25) is 0 Å². The van der Waals surface area contributed by atoms with Crippen LogP contribution in [0.1, 0.15) is 11.1 Å². The number of nitrogens with one attached hydrogen (secondary N) is 1. The summed E-state index contributed by atoms with van der Waals surface area (Å²) in [5.41, 5.74) is 8.35. The highest BCUT2D eigenvalue weighted by Gasteiger charge is 2.07. The van der Waals surface area contributed by atoms with Crippen LogP contribution in [0.3, 0.4) is 0 Å². The second-order valence-corrected chi connectivity index (χ2v) is 5.97. The third-order valence-corrected chi connectivity index (χ3v) is 3.76. The van der Waals surface area contributed by atoms with Gasteiger partial charge in [-0.15, -0.1) is 0 Å². The molecule has 0 radical (unpaired) electrons. The molecule has 2 aromatic carbocycles. The van der Waals surface area contributed by atoms with Crippen LogP contribution in [0.4, 0.5) is 5.69 Å². The van der Waals surface area contributed by atoms with Gasteiger partial charge < -0.3 is 20.5 Å². The number of benzene rings is 2. The van der Waals surface area contributed by atoms with E-state index in [1.807, 2.05) is 24.3 Å². The van der Waals surface area contributed by atoms with Crippen molar-refractivity contribution < 1.29 is 14.3 Å². The Morgan fingerprint density at radius 2 is 2.00 bits per heavy atom. The van der Waals surface area contributed by atoms with Crippen LogP contribution in [0, 0.1) is 6.92 Å². The normalized spacial score (nSPS) is 10.2. The Balaban J connectivity index is 2.06. The van der Waals surface area contributed by atoms with Crippen molar-refractivity contribution in [3.63, 3.8) is 0 Å². The number of carbonyl (C=O) groups is 1. The lowest BCUT2D eigenvalue weighted by Gasteiger charge is -2.13. The summed E-state index contributed by atoms with van der Waals surface area (Å²) >= 11 is 3.45. The van der Waals surface area contributed by atoms with E-state index in [0.717, 1.165) is 21.3 Å². The molecule has 1 amide bonds. The molecule has 0 saturated heterocycles. The summed E-state index contributed by atoms with van der Waals surface area (Å²) in [7, 11) is 1.56. The SMILES string of the molecule is COc1cc(CNc2ccc(Br)cc2C)ccc1OCC(N)=O. The van der Waals surface area contributed by atoms with E-state index in [9.17, 15) is 4.79 Å². The molecular weight excluding hydrogens is 360 g/mol. The molecule has 0 aliphatic carbocycles.